The number of para-hydroxylation sites is 1. The van der Waals surface area contributed by atoms with Gasteiger partial charge in [0.1, 0.15) is 0 Å². The van der Waals surface area contributed by atoms with E-state index in [0.717, 1.165) is 41.5 Å². The van der Waals surface area contributed by atoms with Crippen LogP contribution in [0.2, 0.25) is 0 Å². The highest BCUT2D eigenvalue weighted by atomic mass is 32.2. The second kappa shape index (κ2) is 5.86. The molecule has 2 atom stereocenters. The van der Waals surface area contributed by atoms with Crippen molar-refractivity contribution in [2.45, 2.75) is 44.8 Å². The Hall–Kier alpha value is -1.37. The zero-order chi connectivity index (χ0) is 16.9. The molecule has 4 rings (SSSR count). The number of rotatable bonds is 5. The molecule has 24 heavy (non-hydrogen) atoms. The van der Waals surface area contributed by atoms with Gasteiger partial charge in [0.15, 0.2) is 0 Å². The Morgan fingerprint density at radius 3 is 2.79 bits per heavy atom. The fourth-order valence-corrected chi connectivity index (χ4v) is 5.21. The minimum absolute atomic E-state index is 0.0769. The Morgan fingerprint density at radius 2 is 2.08 bits per heavy atom. The number of hydrogen-bond acceptors (Lipinski definition) is 4. The number of aromatic nitrogens is 1. The van der Waals surface area contributed by atoms with Crippen LogP contribution in [-0.2, 0) is 16.6 Å². The van der Waals surface area contributed by atoms with Crippen LogP contribution in [0.3, 0.4) is 0 Å². The summed E-state index contributed by atoms with van der Waals surface area (Å²) in [6.45, 7) is 3.03. The van der Waals surface area contributed by atoms with Crippen molar-refractivity contribution in [1.82, 2.24) is 9.29 Å². The minimum Gasteiger partial charge on any atom is -0.393 e. The van der Waals surface area contributed by atoms with Gasteiger partial charge in [0.05, 0.1) is 23.1 Å². The molecule has 0 bridgehead atoms. The molecule has 130 valence electrons. The molecule has 2 N–H and O–H groups in total. The van der Waals surface area contributed by atoms with E-state index in [1.54, 1.807) is 6.92 Å². The van der Waals surface area contributed by atoms with E-state index in [0.29, 0.717) is 18.9 Å². The smallest absolute Gasteiger partial charge is 0.239 e. The van der Waals surface area contributed by atoms with E-state index in [4.69, 9.17) is 0 Å². The lowest BCUT2D eigenvalue weighted by atomic mass is 9.87. The molecule has 2 aromatic rings. The highest BCUT2D eigenvalue weighted by Gasteiger charge is 2.36. The molecule has 2 aliphatic rings. The molecule has 1 aromatic carbocycles. The van der Waals surface area contributed by atoms with Crippen molar-refractivity contribution in [3.63, 3.8) is 0 Å². The van der Waals surface area contributed by atoms with Crippen molar-refractivity contribution in [3.8, 4) is 0 Å². The molecule has 6 heteroatoms. The van der Waals surface area contributed by atoms with Gasteiger partial charge in [-0.2, -0.15) is 0 Å². The van der Waals surface area contributed by atoms with E-state index in [-0.39, 0.29) is 17.8 Å². The summed E-state index contributed by atoms with van der Waals surface area (Å²) in [7, 11) is -3.36. The number of aliphatic hydroxyl groups excluding tert-OH is 1. The van der Waals surface area contributed by atoms with Gasteiger partial charge in [-0.3, -0.25) is 0 Å². The van der Waals surface area contributed by atoms with Gasteiger partial charge < -0.3 is 10.4 Å². The Morgan fingerprint density at radius 1 is 1.33 bits per heavy atom. The van der Waals surface area contributed by atoms with E-state index in [9.17, 15) is 13.5 Å². The van der Waals surface area contributed by atoms with Crippen molar-refractivity contribution in [1.29, 1.82) is 0 Å². The molecule has 0 spiro atoms. The summed E-state index contributed by atoms with van der Waals surface area (Å²) in [5.41, 5.74) is 2.72. The fourth-order valence-electron chi connectivity index (χ4n) is 3.99. The van der Waals surface area contributed by atoms with Crippen molar-refractivity contribution in [2.24, 2.45) is 5.92 Å². The van der Waals surface area contributed by atoms with Gasteiger partial charge in [-0.15, -0.1) is 0 Å². The standard InChI is InChI=1S/C18H24N2O3S/c1-2-24(22,23)20-15-6-4-3-5-14(15)18-13(10-19-11-16(18)20)9-17(21)12-7-8-12/h3-6,12-13,17,19,21H,2,7-11H2,1H3. The van der Waals surface area contributed by atoms with Crippen molar-refractivity contribution in [2.75, 3.05) is 12.3 Å². The van der Waals surface area contributed by atoms with Crippen molar-refractivity contribution >= 4 is 20.9 Å². The van der Waals surface area contributed by atoms with E-state index in [1.807, 2.05) is 24.3 Å². The van der Waals surface area contributed by atoms with Crippen LogP contribution in [0.4, 0.5) is 0 Å². The second-order valence-corrected chi connectivity index (χ2v) is 9.12. The van der Waals surface area contributed by atoms with Crippen LogP contribution < -0.4 is 5.32 Å². The molecule has 5 nitrogen and oxygen atoms in total. The summed E-state index contributed by atoms with van der Waals surface area (Å²) in [6, 6.07) is 7.74. The Kier molecular flexibility index (Phi) is 3.94. The number of benzene rings is 1. The zero-order valence-corrected chi connectivity index (χ0v) is 14.7. The minimum atomic E-state index is -3.36. The summed E-state index contributed by atoms with van der Waals surface area (Å²) in [5, 5.41) is 14.8. The van der Waals surface area contributed by atoms with E-state index >= 15 is 0 Å². The Labute approximate surface area is 142 Å². The summed E-state index contributed by atoms with van der Waals surface area (Å²) in [6.07, 6.45) is 2.64. The topological polar surface area (TPSA) is 71.3 Å². The van der Waals surface area contributed by atoms with E-state index in [1.165, 1.54) is 3.97 Å². The van der Waals surface area contributed by atoms with Crippen LogP contribution in [-0.4, -0.2) is 35.9 Å². The Balaban J connectivity index is 1.87. The lowest BCUT2D eigenvalue weighted by molar-refractivity contribution is 0.131. The molecule has 0 amide bonds. The largest absolute Gasteiger partial charge is 0.393 e. The lowest BCUT2D eigenvalue weighted by Crippen LogP contribution is -2.32. The monoisotopic (exact) mass is 348 g/mol. The van der Waals surface area contributed by atoms with Crippen molar-refractivity contribution in [3.05, 3.63) is 35.5 Å². The molecule has 2 unspecified atom stereocenters. The molecule has 0 saturated heterocycles. The maximum Gasteiger partial charge on any atom is 0.239 e. The summed E-state index contributed by atoms with van der Waals surface area (Å²) < 4.78 is 26.9. The van der Waals surface area contributed by atoms with Gasteiger partial charge in [-0.05, 0) is 43.7 Å². The number of hydrogen-bond donors (Lipinski definition) is 2. The summed E-state index contributed by atoms with van der Waals surface area (Å²) in [5.74, 6) is 0.665. The number of nitrogens with one attached hydrogen (secondary N) is 1. The third-order valence-corrected chi connectivity index (χ3v) is 7.10. The molecule has 1 saturated carbocycles. The molecule has 1 aliphatic heterocycles. The summed E-state index contributed by atoms with van der Waals surface area (Å²) >= 11 is 0. The van der Waals surface area contributed by atoms with Gasteiger partial charge >= 0.3 is 0 Å². The highest BCUT2D eigenvalue weighted by Crippen LogP contribution is 2.41. The first-order valence-corrected chi connectivity index (χ1v) is 10.4. The zero-order valence-electron chi connectivity index (χ0n) is 13.9. The van der Waals surface area contributed by atoms with Crippen LogP contribution in [0.5, 0.6) is 0 Å². The SMILES string of the molecule is CCS(=O)(=O)n1c2c(c3ccccc31)C(CC(O)C1CC1)CNC2. The number of nitrogens with zero attached hydrogens (tertiary/aromatic N) is 1. The average Bonchev–Trinajstić information content (AvgIpc) is 3.36. The van der Waals surface area contributed by atoms with Gasteiger partial charge in [-0.1, -0.05) is 18.2 Å². The molecule has 1 aliphatic carbocycles. The molecular formula is C18H24N2O3S. The van der Waals surface area contributed by atoms with Gasteiger partial charge in [0.25, 0.3) is 0 Å². The van der Waals surface area contributed by atoms with Crippen LogP contribution in [0.1, 0.15) is 43.4 Å². The quantitative estimate of drug-likeness (QED) is 0.869. The van der Waals surface area contributed by atoms with Crippen LogP contribution in [0.25, 0.3) is 10.9 Å². The van der Waals surface area contributed by atoms with Crippen molar-refractivity contribution < 1.29 is 13.5 Å². The normalized spacial score (nSPS) is 22.5. The number of fused-ring (bicyclic) bond motifs is 3. The van der Waals surface area contributed by atoms with E-state index in [2.05, 4.69) is 5.32 Å². The van der Waals surface area contributed by atoms with Gasteiger partial charge in [0, 0.05) is 24.4 Å². The maximum atomic E-state index is 12.7. The third kappa shape index (κ3) is 2.57. The van der Waals surface area contributed by atoms with Gasteiger partial charge in [0.2, 0.25) is 10.0 Å². The van der Waals surface area contributed by atoms with E-state index < -0.39 is 10.0 Å². The third-order valence-electron chi connectivity index (χ3n) is 5.40. The molecule has 0 radical (unpaired) electrons. The number of aliphatic hydroxyl groups is 1. The predicted molar refractivity (Wildman–Crippen MR) is 94.6 cm³/mol. The fraction of sp³-hybridized carbons (Fsp3) is 0.556. The summed E-state index contributed by atoms with van der Waals surface area (Å²) in [4.78, 5) is 0. The van der Waals surface area contributed by atoms with Gasteiger partial charge in [-0.25, -0.2) is 12.4 Å². The first-order chi connectivity index (χ1) is 11.5. The first kappa shape index (κ1) is 16.1. The second-order valence-electron chi connectivity index (χ2n) is 7.01. The van der Waals surface area contributed by atoms with Crippen LogP contribution in [0.15, 0.2) is 24.3 Å². The Bertz CT molecular complexity index is 868. The molecular weight excluding hydrogens is 324 g/mol. The highest BCUT2D eigenvalue weighted by molar-refractivity contribution is 7.90. The van der Waals surface area contributed by atoms with Crippen LogP contribution in [0, 0.1) is 5.92 Å². The lowest BCUT2D eigenvalue weighted by Gasteiger charge is -2.27. The molecule has 2 heterocycles. The predicted octanol–water partition coefficient (Wildman–Crippen LogP) is 2.19. The first-order valence-electron chi connectivity index (χ1n) is 8.77. The molecule has 1 aromatic heterocycles. The average molecular weight is 348 g/mol. The van der Waals surface area contributed by atoms with Crippen LogP contribution >= 0.6 is 0 Å². The maximum absolute atomic E-state index is 12.7. The molecule has 1 fully saturated rings.